The number of hydrogen-bond acceptors (Lipinski definition) is 9. The third-order valence-corrected chi connectivity index (χ3v) is 5.82. The lowest BCUT2D eigenvalue weighted by atomic mass is 10.3. The van der Waals surface area contributed by atoms with E-state index < -0.39 is 15.1 Å². The number of nitrogen functional groups attached to an aromatic ring is 1. The van der Waals surface area contributed by atoms with Crippen LogP contribution in [0, 0.1) is 0 Å². The molecular weight excluding hydrogens is 390 g/mol. The summed E-state index contributed by atoms with van der Waals surface area (Å²) in [4.78, 5) is 12.2. The molecule has 11 heteroatoms. The second-order valence-electron chi connectivity index (χ2n) is 5.30. The van der Waals surface area contributed by atoms with Crippen molar-refractivity contribution in [3.05, 3.63) is 54.6 Å². The molecule has 3 aromatic rings. The Kier molecular flexibility index (Phi) is 5.72. The van der Waals surface area contributed by atoms with E-state index in [1.165, 1.54) is 16.8 Å². The van der Waals surface area contributed by atoms with E-state index in [0.717, 1.165) is 0 Å². The van der Waals surface area contributed by atoms with Crippen LogP contribution < -0.4 is 5.73 Å². The lowest BCUT2D eigenvalue weighted by Gasteiger charge is -2.06. The molecule has 140 valence electrons. The van der Waals surface area contributed by atoms with Crippen molar-refractivity contribution in [3.8, 4) is 5.69 Å². The molecule has 0 spiro atoms. The van der Waals surface area contributed by atoms with Gasteiger partial charge in [-0.15, -0.1) is 5.10 Å². The SMILES string of the molecule is Nc1cccc(-n2nnnc2SC(=O)OCCS(=O)(=O)c2ccccc2)c1. The van der Waals surface area contributed by atoms with Crippen LogP contribution in [0.5, 0.6) is 0 Å². The summed E-state index contributed by atoms with van der Waals surface area (Å²) in [6, 6.07) is 14.8. The molecule has 0 amide bonds. The molecule has 0 radical (unpaired) electrons. The summed E-state index contributed by atoms with van der Waals surface area (Å²) < 4.78 is 30.6. The highest BCUT2D eigenvalue weighted by molar-refractivity contribution is 8.13. The number of aromatic nitrogens is 4. The van der Waals surface area contributed by atoms with Gasteiger partial charge in [-0.1, -0.05) is 24.3 Å². The first-order valence-electron chi connectivity index (χ1n) is 7.72. The van der Waals surface area contributed by atoms with Crippen LogP contribution in [0.3, 0.4) is 0 Å². The van der Waals surface area contributed by atoms with Crippen LogP contribution in [0.15, 0.2) is 64.6 Å². The first kappa shape index (κ1) is 18.9. The van der Waals surface area contributed by atoms with Crippen molar-refractivity contribution in [1.82, 2.24) is 20.2 Å². The van der Waals surface area contributed by atoms with Crippen LogP contribution >= 0.6 is 11.8 Å². The number of carbonyl (C=O) groups is 1. The summed E-state index contributed by atoms with van der Waals surface area (Å²) in [6.45, 7) is -0.275. The number of anilines is 1. The number of thioether (sulfide) groups is 1. The van der Waals surface area contributed by atoms with Crippen molar-refractivity contribution in [2.75, 3.05) is 18.1 Å². The Balaban J connectivity index is 1.59. The smallest absolute Gasteiger partial charge is 0.375 e. The quantitative estimate of drug-likeness (QED) is 0.371. The Labute approximate surface area is 159 Å². The molecule has 0 aliphatic heterocycles. The van der Waals surface area contributed by atoms with Gasteiger partial charge >= 0.3 is 5.30 Å². The largest absolute Gasteiger partial charge is 0.456 e. The average Bonchev–Trinajstić information content (AvgIpc) is 3.10. The van der Waals surface area contributed by atoms with Crippen molar-refractivity contribution < 1.29 is 17.9 Å². The zero-order chi connectivity index (χ0) is 19.3. The lowest BCUT2D eigenvalue weighted by molar-refractivity contribution is 0.182. The number of ether oxygens (including phenoxy) is 1. The molecule has 3 rings (SSSR count). The Morgan fingerprint density at radius 1 is 1.15 bits per heavy atom. The Morgan fingerprint density at radius 2 is 1.93 bits per heavy atom. The van der Waals surface area contributed by atoms with Crippen molar-refractivity contribution >= 4 is 32.6 Å². The summed E-state index contributed by atoms with van der Waals surface area (Å²) >= 11 is 0.654. The minimum atomic E-state index is -3.52. The number of nitrogens with two attached hydrogens (primary N) is 1. The fraction of sp³-hybridized carbons (Fsp3) is 0.125. The molecule has 0 saturated heterocycles. The van der Waals surface area contributed by atoms with E-state index in [1.807, 2.05) is 0 Å². The first-order valence-corrected chi connectivity index (χ1v) is 10.2. The lowest BCUT2D eigenvalue weighted by Crippen LogP contribution is -2.14. The zero-order valence-corrected chi connectivity index (χ0v) is 15.6. The molecule has 1 heterocycles. The summed E-state index contributed by atoms with van der Waals surface area (Å²) in [5, 5.41) is 10.6. The number of hydrogen-bond donors (Lipinski definition) is 1. The Morgan fingerprint density at radius 3 is 2.67 bits per heavy atom. The average molecular weight is 405 g/mol. The van der Waals surface area contributed by atoms with Crippen molar-refractivity contribution in [1.29, 1.82) is 0 Å². The van der Waals surface area contributed by atoms with Crippen LogP contribution in [-0.2, 0) is 14.6 Å². The van der Waals surface area contributed by atoms with Gasteiger partial charge in [-0.25, -0.2) is 13.2 Å². The number of sulfone groups is 1. The Bertz CT molecular complexity index is 1040. The molecule has 27 heavy (non-hydrogen) atoms. The van der Waals surface area contributed by atoms with E-state index in [2.05, 4.69) is 15.5 Å². The highest BCUT2D eigenvalue weighted by atomic mass is 32.2. The normalized spacial score (nSPS) is 11.3. The molecule has 0 aliphatic rings. The first-order chi connectivity index (χ1) is 13.0. The predicted octanol–water partition coefficient (Wildman–Crippen LogP) is 1.95. The summed E-state index contributed by atoms with van der Waals surface area (Å²) in [5.74, 6) is -0.316. The van der Waals surface area contributed by atoms with Gasteiger partial charge in [-0.3, -0.25) is 0 Å². The van der Waals surface area contributed by atoms with E-state index >= 15 is 0 Å². The molecule has 0 bridgehead atoms. The highest BCUT2D eigenvalue weighted by Crippen LogP contribution is 2.21. The van der Waals surface area contributed by atoms with Crippen molar-refractivity contribution in [2.45, 2.75) is 10.1 Å². The van der Waals surface area contributed by atoms with Gasteiger partial charge in [-0.2, -0.15) is 4.68 Å². The van der Waals surface area contributed by atoms with Gasteiger partial charge in [-0.05, 0) is 40.8 Å². The molecular formula is C16H15N5O4S2. The summed E-state index contributed by atoms with van der Waals surface area (Å²) in [6.07, 6.45) is 0. The zero-order valence-electron chi connectivity index (χ0n) is 13.9. The van der Waals surface area contributed by atoms with Crippen molar-refractivity contribution in [3.63, 3.8) is 0 Å². The maximum absolute atomic E-state index is 12.2. The van der Waals surface area contributed by atoms with Gasteiger partial charge in [0, 0.05) is 17.4 Å². The number of benzene rings is 2. The maximum atomic E-state index is 12.2. The molecule has 0 fully saturated rings. The van der Waals surface area contributed by atoms with E-state index in [9.17, 15) is 13.2 Å². The third-order valence-electron chi connectivity index (χ3n) is 3.40. The molecule has 2 aromatic carbocycles. The Hall–Kier alpha value is -2.92. The van der Waals surface area contributed by atoms with Crippen LogP contribution in [0.25, 0.3) is 5.69 Å². The summed E-state index contributed by atoms with van der Waals surface area (Å²) in [7, 11) is -3.52. The van der Waals surface area contributed by atoms with Gasteiger partial charge in [0.05, 0.1) is 16.3 Å². The van der Waals surface area contributed by atoms with E-state index in [0.29, 0.717) is 23.1 Å². The van der Waals surface area contributed by atoms with Gasteiger partial charge in [0.2, 0.25) is 5.16 Å². The minimum absolute atomic E-state index is 0.177. The second-order valence-corrected chi connectivity index (χ2v) is 8.31. The minimum Gasteiger partial charge on any atom is -0.456 e. The fourth-order valence-electron chi connectivity index (χ4n) is 2.15. The standard InChI is InChI=1S/C16H15N5O4S2/c17-12-5-4-6-13(11-12)21-15(18-19-20-21)26-16(22)25-9-10-27(23,24)14-7-2-1-3-8-14/h1-8,11H,9-10,17H2. The topological polar surface area (TPSA) is 130 Å². The second kappa shape index (κ2) is 8.18. The van der Waals surface area contributed by atoms with Gasteiger partial charge in [0.25, 0.3) is 0 Å². The maximum Gasteiger partial charge on any atom is 0.375 e. The molecule has 0 atom stereocenters. The van der Waals surface area contributed by atoms with E-state index in [1.54, 1.807) is 42.5 Å². The van der Waals surface area contributed by atoms with Crippen LogP contribution in [0.4, 0.5) is 10.5 Å². The van der Waals surface area contributed by atoms with Crippen LogP contribution in [-0.4, -0.2) is 46.3 Å². The highest BCUT2D eigenvalue weighted by Gasteiger charge is 2.18. The number of nitrogens with zero attached hydrogens (tertiary/aromatic N) is 4. The monoisotopic (exact) mass is 405 g/mol. The van der Waals surface area contributed by atoms with E-state index in [-0.39, 0.29) is 22.4 Å². The van der Waals surface area contributed by atoms with Gasteiger partial charge in [0.1, 0.15) is 6.61 Å². The van der Waals surface area contributed by atoms with Crippen LogP contribution in [0.2, 0.25) is 0 Å². The van der Waals surface area contributed by atoms with Gasteiger partial charge in [0.15, 0.2) is 9.84 Å². The molecule has 0 saturated carbocycles. The number of rotatable bonds is 6. The predicted molar refractivity (Wildman–Crippen MR) is 99.3 cm³/mol. The molecule has 0 unspecified atom stereocenters. The number of tetrazole rings is 1. The van der Waals surface area contributed by atoms with Gasteiger partial charge < -0.3 is 10.5 Å². The number of carbonyl (C=O) groups excluding carboxylic acids is 1. The van der Waals surface area contributed by atoms with E-state index in [4.69, 9.17) is 10.5 Å². The van der Waals surface area contributed by atoms with Crippen molar-refractivity contribution in [2.24, 2.45) is 0 Å². The third kappa shape index (κ3) is 4.83. The summed E-state index contributed by atoms with van der Waals surface area (Å²) in [5.41, 5.74) is 6.84. The fourth-order valence-corrected chi connectivity index (χ4v) is 3.85. The molecule has 2 N–H and O–H groups in total. The molecule has 0 aliphatic carbocycles. The molecule has 9 nitrogen and oxygen atoms in total. The van der Waals surface area contributed by atoms with Crippen LogP contribution in [0.1, 0.15) is 0 Å². The molecule has 1 aromatic heterocycles.